The fourth-order valence-corrected chi connectivity index (χ4v) is 3.69. The molecular formula is C24H22FN3O2. The van der Waals surface area contributed by atoms with Gasteiger partial charge in [-0.05, 0) is 56.7 Å². The molecule has 1 aliphatic rings. The number of nitrogens with one attached hydrogen (secondary N) is 1. The summed E-state index contributed by atoms with van der Waals surface area (Å²) in [5.41, 5.74) is 5.49. The van der Waals surface area contributed by atoms with Crippen LogP contribution in [-0.2, 0) is 11.3 Å². The highest BCUT2D eigenvalue weighted by Crippen LogP contribution is 2.25. The van der Waals surface area contributed by atoms with Crippen LogP contribution in [0.15, 0.2) is 60.3 Å². The Morgan fingerprint density at radius 1 is 1.00 bits per heavy atom. The molecule has 0 bridgehead atoms. The van der Waals surface area contributed by atoms with Crippen LogP contribution in [0.2, 0.25) is 0 Å². The summed E-state index contributed by atoms with van der Waals surface area (Å²) in [5, 5.41) is 2.61. The predicted molar refractivity (Wildman–Crippen MR) is 113 cm³/mol. The van der Waals surface area contributed by atoms with Crippen molar-refractivity contribution in [3.63, 3.8) is 0 Å². The van der Waals surface area contributed by atoms with Gasteiger partial charge in [0.25, 0.3) is 5.91 Å². The predicted octanol–water partition coefficient (Wildman–Crippen LogP) is 4.63. The fraction of sp³-hybridized carbons (Fsp3) is 0.167. The minimum absolute atomic E-state index is 0.114. The van der Waals surface area contributed by atoms with Gasteiger partial charge in [-0.15, -0.1) is 0 Å². The smallest absolute Gasteiger partial charge is 0.318 e. The number of aryl methyl sites for hydroxylation is 2. The normalized spacial score (nSPS) is 15.2. The number of halogens is 1. The van der Waals surface area contributed by atoms with Gasteiger partial charge in [-0.25, -0.2) is 9.18 Å². The number of rotatable bonds is 4. The van der Waals surface area contributed by atoms with E-state index in [9.17, 15) is 14.0 Å². The highest BCUT2D eigenvalue weighted by Gasteiger charge is 2.34. The molecule has 2 aromatic carbocycles. The van der Waals surface area contributed by atoms with Gasteiger partial charge in [-0.3, -0.25) is 9.69 Å². The number of benzene rings is 2. The molecule has 4 rings (SSSR count). The van der Waals surface area contributed by atoms with Crippen molar-refractivity contribution in [1.82, 2.24) is 14.8 Å². The lowest BCUT2D eigenvalue weighted by Crippen LogP contribution is -2.30. The van der Waals surface area contributed by atoms with Crippen molar-refractivity contribution in [3.05, 3.63) is 94.2 Å². The summed E-state index contributed by atoms with van der Waals surface area (Å²) in [6, 6.07) is 15.7. The zero-order valence-corrected chi connectivity index (χ0v) is 17.1. The van der Waals surface area contributed by atoms with Crippen LogP contribution < -0.4 is 5.32 Å². The molecule has 0 unspecified atom stereocenters. The van der Waals surface area contributed by atoms with Crippen molar-refractivity contribution in [2.24, 2.45) is 0 Å². The van der Waals surface area contributed by atoms with Gasteiger partial charge in [0, 0.05) is 22.6 Å². The van der Waals surface area contributed by atoms with Crippen LogP contribution in [0.3, 0.4) is 0 Å². The first kappa shape index (κ1) is 19.6. The summed E-state index contributed by atoms with van der Waals surface area (Å²) in [4.78, 5) is 26.1. The van der Waals surface area contributed by atoms with Crippen molar-refractivity contribution >= 4 is 18.0 Å². The van der Waals surface area contributed by atoms with Crippen LogP contribution in [0, 0.1) is 26.6 Å². The molecule has 0 saturated carbocycles. The second kappa shape index (κ2) is 7.63. The Kier molecular flexibility index (Phi) is 4.99. The maximum atomic E-state index is 13.9. The van der Waals surface area contributed by atoms with Gasteiger partial charge in [-0.2, -0.15) is 0 Å². The van der Waals surface area contributed by atoms with Gasteiger partial charge in [0.2, 0.25) is 0 Å². The summed E-state index contributed by atoms with van der Waals surface area (Å²) in [6.07, 6.45) is 1.68. The van der Waals surface area contributed by atoms with Gasteiger partial charge < -0.3 is 9.88 Å². The highest BCUT2D eigenvalue weighted by atomic mass is 19.1. The number of imide groups is 1. The van der Waals surface area contributed by atoms with Crippen LogP contribution in [0.4, 0.5) is 9.18 Å². The third-order valence-corrected chi connectivity index (χ3v) is 5.31. The number of hydrogen-bond acceptors (Lipinski definition) is 2. The van der Waals surface area contributed by atoms with Gasteiger partial charge >= 0.3 is 6.03 Å². The molecule has 0 atom stereocenters. The monoisotopic (exact) mass is 403 g/mol. The molecule has 1 fully saturated rings. The van der Waals surface area contributed by atoms with Gasteiger partial charge in [0.1, 0.15) is 11.5 Å². The SMILES string of the molecule is Cc1ccc(-n2c(C)cc(/C=C3\NC(=O)N(Cc4ccccc4F)C3=O)c2C)cc1. The van der Waals surface area contributed by atoms with Gasteiger partial charge in [-0.1, -0.05) is 35.9 Å². The molecular weight excluding hydrogens is 381 g/mol. The molecule has 6 heteroatoms. The molecule has 152 valence electrons. The summed E-state index contributed by atoms with van der Waals surface area (Å²) in [6.45, 7) is 5.89. The van der Waals surface area contributed by atoms with Crippen molar-refractivity contribution in [1.29, 1.82) is 0 Å². The van der Waals surface area contributed by atoms with Gasteiger partial charge in [0.15, 0.2) is 0 Å². The average molecular weight is 403 g/mol. The first-order valence-electron chi connectivity index (χ1n) is 9.69. The van der Waals surface area contributed by atoms with Crippen molar-refractivity contribution in [3.8, 4) is 5.69 Å². The zero-order valence-electron chi connectivity index (χ0n) is 17.1. The van der Waals surface area contributed by atoms with Crippen LogP contribution in [0.5, 0.6) is 0 Å². The van der Waals surface area contributed by atoms with Crippen LogP contribution in [0.25, 0.3) is 11.8 Å². The number of nitrogens with zero attached hydrogens (tertiary/aromatic N) is 2. The molecule has 3 amide bonds. The average Bonchev–Trinajstić information content (AvgIpc) is 3.14. The maximum absolute atomic E-state index is 13.9. The lowest BCUT2D eigenvalue weighted by atomic mass is 10.2. The Labute approximate surface area is 174 Å². The molecule has 5 nitrogen and oxygen atoms in total. The van der Waals surface area contributed by atoms with Crippen LogP contribution in [0.1, 0.15) is 28.1 Å². The number of hydrogen-bond donors (Lipinski definition) is 1. The highest BCUT2D eigenvalue weighted by molar-refractivity contribution is 6.14. The number of amides is 3. The molecule has 2 heterocycles. The van der Waals surface area contributed by atoms with E-state index in [0.29, 0.717) is 5.56 Å². The molecule has 30 heavy (non-hydrogen) atoms. The molecule has 1 aromatic heterocycles. The molecule has 1 aliphatic heterocycles. The molecule has 0 radical (unpaired) electrons. The first-order chi connectivity index (χ1) is 14.3. The van der Waals surface area contributed by atoms with Crippen molar-refractivity contribution < 1.29 is 14.0 Å². The molecule has 0 spiro atoms. The minimum atomic E-state index is -0.554. The number of carbonyl (C=O) groups is 2. The van der Waals surface area contributed by atoms with E-state index < -0.39 is 17.8 Å². The Morgan fingerprint density at radius 3 is 2.40 bits per heavy atom. The second-order valence-corrected chi connectivity index (χ2v) is 7.47. The number of carbonyl (C=O) groups excluding carboxylic acids is 2. The molecule has 3 aromatic rings. The Hall–Kier alpha value is -3.67. The Morgan fingerprint density at radius 2 is 1.70 bits per heavy atom. The van der Waals surface area contributed by atoms with Crippen LogP contribution >= 0.6 is 0 Å². The Balaban J connectivity index is 1.63. The molecule has 1 N–H and O–H groups in total. The van der Waals surface area contributed by atoms with E-state index in [-0.39, 0.29) is 12.2 Å². The van der Waals surface area contributed by atoms with Gasteiger partial charge in [0.05, 0.1) is 6.54 Å². The maximum Gasteiger partial charge on any atom is 0.329 e. The largest absolute Gasteiger partial charge is 0.329 e. The van der Waals surface area contributed by atoms with Crippen molar-refractivity contribution in [2.45, 2.75) is 27.3 Å². The summed E-state index contributed by atoms with van der Waals surface area (Å²) in [5.74, 6) is -0.916. The lowest BCUT2D eigenvalue weighted by Gasteiger charge is -2.12. The minimum Gasteiger partial charge on any atom is -0.318 e. The molecule has 1 saturated heterocycles. The summed E-state index contributed by atoms with van der Waals surface area (Å²) < 4.78 is 16.0. The fourth-order valence-electron chi connectivity index (χ4n) is 3.69. The molecule has 0 aliphatic carbocycles. The van der Waals surface area contributed by atoms with E-state index in [4.69, 9.17) is 0 Å². The summed E-state index contributed by atoms with van der Waals surface area (Å²) >= 11 is 0. The topological polar surface area (TPSA) is 54.3 Å². The van der Waals surface area contributed by atoms with E-state index >= 15 is 0 Å². The zero-order chi connectivity index (χ0) is 21.4. The summed E-state index contributed by atoms with van der Waals surface area (Å²) in [7, 11) is 0. The first-order valence-corrected chi connectivity index (χ1v) is 9.69. The number of urea groups is 1. The van der Waals surface area contributed by atoms with E-state index in [0.717, 1.165) is 27.5 Å². The van der Waals surface area contributed by atoms with Crippen LogP contribution in [-0.4, -0.2) is 21.4 Å². The van der Waals surface area contributed by atoms with E-state index in [1.165, 1.54) is 11.6 Å². The third-order valence-electron chi connectivity index (χ3n) is 5.31. The third kappa shape index (κ3) is 3.52. The van der Waals surface area contributed by atoms with E-state index in [1.807, 2.05) is 51.1 Å². The van der Waals surface area contributed by atoms with E-state index in [1.54, 1.807) is 24.3 Å². The van der Waals surface area contributed by atoms with E-state index in [2.05, 4.69) is 9.88 Å². The van der Waals surface area contributed by atoms with Crippen molar-refractivity contribution in [2.75, 3.05) is 0 Å². The Bertz CT molecular complexity index is 1180. The number of aromatic nitrogens is 1. The quantitative estimate of drug-likeness (QED) is 0.510. The second-order valence-electron chi connectivity index (χ2n) is 7.47. The lowest BCUT2D eigenvalue weighted by molar-refractivity contribution is -0.123. The standard InChI is InChI=1S/C24H22FN3O2/c1-15-8-10-20(11-9-15)28-16(2)12-19(17(28)3)13-22-23(29)27(24(30)26-22)14-18-6-4-5-7-21(18)25/h4-13H,14H2,1-3H3,(H,26,30)/b22-13-.